The van der Waals surface area contributed by atoms with Crippen LogP contribution in [0.3, 0.4) is 0 Å². The van der Waals surface area contributed by atoms with Gasteiger partial charge in [-0.25, -0.2) is 4.39 Å². The lowest BCUT2D eigenvalue weighted by atomic mass is 10.0. The van der Waals surface area contributed by atoms with Gasteiger partial charge in [0.05, 0.1) is 6.61 Å². The van der Waals surface area contributed by atoms with Gasteiger partial charge < -0.3 is 4.74 Å². The molecule has 0 saturated carbocycles. The highest BCUT2D eigenvalue weighted by atomic mass is 19.1. The molecule has 0 atom stereocenters. The summed E-state index contributed by atoms with van der Waals surface area (Å²) in [6, 6.07) is 12.6. The van der Waals surface area contributed by atoms with Crippen molar-refractivity contribution < 1.29 is 13.9 Å². The van der Waals surface area contributed by atoms with E-state index in [9.17, 15) is 9.18 Å². The Bertz CT molecular complexity index is 588. The van der Waals surface area contributed by atoms with Crippen molar-refractivity contribution in [3.05, 3.63) is 65.5 Å². The summed E-state index contributed by atoms with van der Waals surface area (Å²) in [5.41, 5.74) is 0.869. The predicted molar refractivity (Wildman–Crippen MR) is 76.6 cm³/mol. The van der Waals surface area contributed by atoms with Crippen molar-refractivity contribution in [3.8, 4) is 5.75 Å². The second-order valence-corrected chi connectivity index (χ2v) is 5.07. The van der Waals surface area contributed by atoms with Crippen molar-refractivity contribution in [2.24, 2.45) is 5.92 Å². The van der Waals surface area contributed by atoms with Crippen LogP contribution in [0, 0.1) is 11.7 Å². The van der Waals surface area contributed by atoms with Crippen LogP contribution < -0.4 is 4.74 Å². The molecule has 0 amide bonds. The minimum atomic E-state index is -0.410. The minimum Gasteiger partial charge on any atom is -0.493 e. The molecule has 0 bridgehead atoms. The van der Waals surface area contributed by atoms with Gasteiger partial charge >= 0.3 is 0 Å². The Morgan fingerprint density at radius 2 is 1.80 bits per heavy atom. The number of carbonyl (C=O) groups excluding carboxylic acids is 1. The molecular weight excluding hydrogens is 255 g/mol. The van der Waals surface area contributed by atoms with Crippen molar-refractivity contribution in [1.29, 1.82) is 0 Å². The molecule has 2 aromatic rings. The fraction of sp³-hybridized carbons (Fsp3) is 0.235. The summed E-state index contributed by atoms with van der Waals surface area (Å²) < 4.78 is 18.7. The van der Waals surface area contributed by atoms with Crippen LogP contribution in [-0.4, -0.2) is 12.4 Å². The van der Waals surface area contributed by atoms with Crippen molar-refractivity contribution in [3.63, 3.8) is 0 Å². The van der Waals surface area contributed by atoms with E-state index in [1.807, 2.05) is 0 Å². The fourth-order valence-corrected chi connectivity index (χ4v) is 1.76. The number of hydrogen-bond acceptors (Lipinski definition) is 2. The van der Waals surface area contributed by atoms with Gasteiger partial charge in [-0.15, -0.1) is 0 Å². The molecular formula is C17H17FO2. The average molecular weight is 272 g/mol. The number of ether oxygens (including phenoxy) is 1. The quantitative estimate of drug-likeness (QED) is 0.766. The zero-order chi connectivity index (χ0) is 14.5. The Labute approximate surface area is 118 Å². The van der Waals surface area contributed by atoms with Gasteiger partial charge in [0.15, 0.2) is 5.78 Å². The summed E-state index contributed by atoms with van der Waals surface area (Å²) in [6.45, 7) is 4.78. The SMILES string of the molecule is CC(C)COc1ccc(C(=O)c2cccc(F)c2)cc1. The number of hydrogen-bond donors (Lipinski definition) is 0. The number of ketones is 1. The first-order valence-corrected chi connectivity index (χ1v) is 6.59. The first-order valence-electron chi connectivity index (χ1n) is 6.59. The predicted octanol–water partition coefficient (Wildman–Crippen LogP) is 4.09. The molecule has 20 heavy (non-hydrogen) atoms. The monoisotopic (exact) mass is 272 g/mol. The molecule has 2 nitrogen and oxygen atoms in total. The zero-order valence-electron chi connectivity index (χ0n) is 11.6. The van der Waals surface area contributed by atoms with E-state index in [1.165, 1.54) is 18.2 Å². The van der Waals surface area contributed by atoms with Gasteiger partial charge in [-0.3, -0.25) is 4.79 Å². The number of carbonyl (C=O) groups is 1. The van der Waals surface area contributed by atoms with E-state index in [2.05, 4.69) is 13.8 Å². The third-order valence-corrected chi connectivity index (χ3v) is 2.79. The summed E-state index contributed by atoms with van der Waals surface area (Å²) in [4.78, 5) is 12.2. The molecule has 0 aliphatic rings. The Balaban J connectivity index is 2.11. The fourth-order valence-electron chi connectivity index (χ4n) is 1.76. The molecule has 0 spiro atoms. The van der Waals surface area contributed by atoms with Gasteiger partial charge in [-0.05, 0) is 42.3 Å². The third kappa shape index (κ3) is 3.67. The largest absolute Gasteiger partial charge is 0.493 e. The number of rotatable bonds is 5. The van der Waals surface area contributed by atoms with Crippen molar-refractivity contribution >= 4 is 5.78 Å². The van der Waals surface area contributed by atoms with Crippen molar-refractivity contribution in [2.75, 3.05) is 6.61 Å². The first-order chi connectivity index (χ1) is 9.56. The summed E-state index contributed by atoms with van der Waals surface area (Å²) >= 11 is 0. The lowest BCUT2D eigenvalue weighted by molar-refractivity contribution is 0.103. The van der Waals surface area contributed by atoms with E-state index in [1.54, 1.807) is 30.3 Å². The second-order valence-electron chi connectivity index (χ2n) is 5.07. The van der Waals surface area contributed by atoms with Crippen LogP contribution in [0.1, 0.15) is 29.8 Å². The second kappa shape index (κ2) is 6.33. The molecule has 0 heterocycles. The molecule has 0 radical (unpaired) electrons. The van der Waals surface area contributed by atoms with E-state index in [4.69, 9.17) is 4.74 Å². The highest BCUT2D eigenvalue weighted by Crippen LogP contribution is 2.16. The average Bonchev–Trinajstić information content (AvgIpc) is 2.45. The highest BCUT2D eigenvalue weighted by molar-refractivity contribution is 6.09. The summed E-state index contributed by atoms with van der Waals surface area (Å²) in [5.74, 6) is 0.575. The molecule has 0 unspecified atom stereocenters. The van der Waals surface area contributed by atoms with Crippen LogP contribution in [0.5, 0.6) is 5.75 Å². The van der Waals surface area contributed by atoms with Crippen LogP contribution in [0.4, 0.5) is 4.39 Å². The van der Waals surface area contributed by atoms with Crippen LogP contribution in [0.25, 0.3) is 0 Å². The Morgan fingerprint density at radius 1 is 1.10 bits per heavy atom. The maximum absolute atomic E-state index is 13.1. The molecule has 104 valence electrons. The molecule has 0 aliphatic heterocycles. The third-order valence-electron chi connectivity index (χ3n) is 2.79. The summed E-state index contributed by atoms with van der Waals surface area (Å²) in [7, 11) is 0. The van der Waals surface area contributed by atoms with Gasteiger partial charge in [-0.1, -0.05) is 26.0 Å². The van der Waals surface area contributed by atoms with Crippen molar-refractivity contribution in [1.82, 2.24) is 0 Å². The molecule has 0 N–H and O–H groups in total. The molecule has 2 rings (SSSR count). The van der Waals surface area contributed by atoms with Gasteiger partial charge in [0, 0.05) is 11.1 Å². The smallest absolute Gasteiger partial charge is 0.193 e. The maximum atomic E-state index is 13.1. The number of halogens is 1. The van der Waals surface area contributed by atoms with Crippen molar-refractivity contribution in [2.45, 2.75) is 13.8 Å². The topological polar surface area (TPSA) is 26.3 Å². The van der Waals surface area contributed by atoms with Crippen LogP contribution in [0.2, 0.25) is 0 Å². The normalized spacial score (nSPS) is 10.6. The Hall–Kier alpha value is -2.16. The zero-order valence-corrected chi connectivity index (χ0v) is 11.6. The van der Waals surface area contributed by atoms with E-state index in [0.29, 0.717) is 23.7 Å². The number of benzene rings is 2. The first kappa shape index (κ1) is 14.3. The van der Waals surface area contributed by atoms with E-state index < -0.39 is 5.82 Å². The molecule has 0 fully saturated rings. The minimum absolute atomic E-state index is 0.195. The van der Waals surface area contributed by atoms with Gasteiger partial charge in [-0.2, -0.15) is 0 Å². The lowest BCUT2D eigenvalue weighted by Gasteiger charge is -2.09. The summed E-state index contributed by atoms with van der Waals surface area (Å²) in [5, 5.41) is 0. The van der Waals surface area contributed by atoms with Crippen LogP contribution in [-0.2, 0) is 0 Å². The van der Waals surface area contributed by atoms with Crippen LogP contribution in [0.15, 0.2) is 48.5 Å². The lowest BCUT2D eigenvalue weighted by Crippen LogP contribution is -2.05. The van der Waals surface area contributed by atoms with Gasteiger partial charge in [0.2, 0.25) is 0 Å². The molecule has 3 heteroatoms. The molecule has 2 aromatic carbocycles. The Morgan fingerprint density at radius 3 is 2.40 bits per heavy atom. The summed E-state index contributed by atoms with van der Waals surface area (Å²) in [6.07, 6.45) is 0. The van der Waals surface area contributed by atoms with Gasteiger partial charge in [0.1, 0.15) is 11.6 Å². The maximum Gasteiger partial charge on any atom is 0.193 e. The Kier molecular flexibility index (Phi) is 4.51. The van der Waals surface area contributed by atoms with Gasteiger partial charge in [0.25, 0.3) is 0 Å². The van der Waals surface area contributed by atoms with E-state index in [-0.39, 0.29) is 5.78 Å². The highest BCUT2D eigenvalue weighted by Gasteiger charge is 2.09. The standard InChI is InChI=1S/C17H17FO2/c1-12(2)11-20-16-8-6-13(7-9-16)17(19)14-4-3-5-15(18)10-14/h3-10,12H,11H2,1-2H3. The van der Waals surface area contributed by atoms with Crippen LogP contribution >= 0.6 is 0 Å². The molecule has 0 aliphatic carbocycles. The molecule has 0 saturated heterocycles. The van der Waals surface area contributed by atoms with E-state index in [0.717, 1.165) is 5.75 Å². The molecule has 0 aromatic heterocycles. The van der Waals surface area contributed by atoms with E-state index >= 15 is 0 Å².